The molecule has 0 aliphatic heterocycles. The minimum atomic E-state index is -4.88. The molecule has 2 aromatic carbocycles. The van der Waals surface area contributed by atoms with Crippen LogP contribution < -0.4 is 0 Å². The fourth-order valence-electron chi connectivity index (χ4n) is 6.63. The summed E-state index contributed by atoms with van der Waals surface area (Å²) in [6.07, 6.45) is 17.8. The van der Waals surface area contributed by atoms with Gasteiger partial charge in [-0.25, -0.2) is 36.0 Å². The van der Waals surface area contributed by atoms with Gasteiger partial charge in [0.05, 0.1) is 56.5 Å². The van der Waals surface area contributed by atoms with Crippen molar-refractivity contribution in [2.75, 3.05) is 0 Å². The molecule has 14 nitrogen and oxygen atoms in total. The van der Waals surface area contributed by atoms with Crippen molar-refractivity contribution in [3.63, 3.8) is 0 Å². The number of rotatable bonds is 30. The van der Waals surface area contributed by atoms with E-state index in [9.17, 15) is 45.1 Å². The Hall–Kier alpha value is -2.60. The second kappa shape index (κ2) is 33.8. The van der Waals surface area contributed by atoms with Crippen LogP contribution >= 0.6 is 0 Å². The van der Waals surface area contributed by atoms with Gasteiger partial charge in [0.1, 0.15) is 20.2 Å². The van der Waals surface area contributed by atoms with Crippen molar-refractivity contribution in [3.05, 3.63) is 58.7 Å². The van der Waals surface area contributed by atoms with E-state index < -0.39 is 53.9 Å². The molecule has 2 rings (SSSR count). The standard InChI is InChI=1S/2C24H38O7S.Ca/c2*1-5-7-9-11-13-18(3)30-23(25)20-15-21(17-22(16-20)32(27,28)29)24(26)31-19(4)14-12-10-8-6-2;/h2*15-19H,5-14H2,1-4H3,(H,27,28,29);/q;;+2/p-2. The summed E-state index contributed by atoms with van der Waals surface area (Å²) in [5, 5.41) is 0. The molecule has 364 valence electrons. The Morgan fingerprint density at radius 3 is 0.769 bits per heavy atom. The summed E-state index contributed by atoms with van der Waals surface area (Å²) in [5.74, 6) is -3.11. The molecule has 0 spiro atoms. The first-order chi connectivity index (χ1) is 30.2. The molecule has 4 unspecified atom stereocenters. The molecule has 0 aromatic heterocycles. The van der Waals surface area contributed by atoms with Gasteiger partial charge in [0, 0.05) is 0 Å². The molecule has 0 fully saturated rings. The summed E-state index contributed by atoms with van der Waals surface area (Å²) in [4.78, 5) is 48.9. The minimum absolute atomic E-state index is 0. The predicted molar refractivity (Wildman–Crippen MR) is 249 cm³/mol. The number of benzene rings is 2. The Labute approximate surface area is 419 Å². The fraction of sp³-hybridized carbons (Fsp3) is 0.667. The SMILES string of the molecule is CCCCCCC(C)OC(=O)c1cc(C(=O)OC(C)CCCCCC)cc(S(=O)(=O)[O-])c1.CCCCCCC(C)OC(=O)c1cc(C(=O)OC(C)CCCCCC)cc(S(=O)(=O)[O-])c1.[Ca+2]. The number of ether oxygens (including phenoxy) is 4. The predicted octanol–water partition coefficient (Wildman–Crippen LogP) is 10.9. The summed E-state index contributed by atoms with van der Waals surface area (Å²) in [7, 11) is -9.76. The molecule has 2 aromatic rings. The zero-order valence-electron chi connectivity index (χ0n) is 40.2. The van der Waals surface area contributed by atoms with E-state index in [1.54, 1.807) is 27.7 Å². The second-order valence-corrected chi connectivity index (χ2v) is 19.4. The average Bonchev–Trinajstić information content (AvgIpc) is 3.23. The maximum Gasteiger partial charge on any atom is 2.00 e. The van der Waals surface area contributed by atoms with E-state index in [4.69, 9.17) is 18.9 Å². The zero-order valence-corrected chi connectivity index (χ0v) is 44.0. The maximum atomic E-state index is 12.6. The Morgan fingerprint density at radius 1 is 0.400 bits per heavy atom. The van der Waals surface area contributed by atoms with Gasteiger partial charge in [-0.2, -0.15) is 0 Å². The van der Waals surface area contributed by atoms with E-state index in [0.29, 0.717) is 25.7 Å². The number of hydrogen-bond acceptors (Lipinski definition) is 14. The van der Waals surface area contributed by atoms with Gasteiger partial charge in [-0.05, 0) is 115 Å². The molecule has 0 aliphatic rings. The summed E-state index contributed by atoms with van der Waals surface area (Å²) in [5.41, 5.74) is -0.649. The molecule has 0 heterocycles. The molecule has 0 saturated heterocycles. The van der Waals surface area contributed by atoms with Crippen LogP contribution in [0.1, 0.15) is 225 Å². The molecule has 0 amide bonds. The molecule has 0 N–H and O–H groups in total. The van der Waals surface area contributed by atoms with Crippen LogP contribution in [0.5, 0.6) is 0 Å². The largest absolute Gasteiger partial charge is 2.00 e. The van der Waals surface area contributed by atoms with E-state index in [0.717, 1.165) is 127 Å². The smallest absolute Gasteiger partial charge is 0.744 e. The first kappa shape index (κ1) is 62.4. The number of esters is 4. The van der Waals surface area contributed by atoms with Crippen LogP contribution in [-0.2, 0) is 39.2 Å². The van der Waals surface area contributed by atoms with Crippen LogP contribution in [-0.4, -0.2) is 112 Å². The van der Waals surface area contributed by atoms with Gasteiger partial charge in [-0.1, -0.05) is 105 Å². The quantitative estimate of drug-likeness (QED) is 0.0234. The summed E-state index contributed by atoms with van der Waals surface area (Å²) >= 11 is 0. The van der Waals surface area contributed by atoms with E-state index >= 15 is 0 Å². The molecule has 65 heavy (non-hydrogen) atoms. The summed E-state index contributed by atoms with van der Waals surface area (Å²) < 4.78 is 91.0. The van der Waals surface area contributed by atoms with E-state index in [2.05, 4.69) is 27.7 Å². The van der Waals surface area contributed by atoms with Crippen LogP contribution in [0.4, 0.5) is 0 Å². The third-order valence-electron chi connectivity index (χ3n) is 10.4. The van der Waals surface area contributed by atoms with Gasteiger partial charge in [0.15, 0.2) is 0 Å². The Morgan fingerprint density at radius 2 is 0.600 bits per heavy atom. The van der Waals surface area contributed by atoms with E-state index in [1.807, 2.05) is 0 Å². The first-order valence-corrected chi connectivity index (χ1v) is 26.0. The molecule has 0 radical (unpaired) electrons. The molecule has 4 atom stereocenters. The van der Waals surface area contributed by atoms with Crippen LogP contribution in [0.25, 0.3) is 0 Å². The van der Waals surface area contributed by atoms with Crippen molar-refractivity contribution in [1.82, 2.24) is 0 Å². The molecule has 0 aliphatic carbocycles. The number of unbranched alkanes of at least 4 members (excludes halogenated alkanes) is 12. The van der Waals surface area contributed by atoms with Gasteiger partial charge in [-0.3, -0.25) is 0 Å². The fourth-order valence-corrected chi connectivity index (χ4v) is 7.72. The average molecular weight is 979 g/mol. The summed E-state index contributed by atoms with van der Waals surface area (Å²) in [6.45, 7) is 15.5. The molecular weight excluding hydrogens is 905 g/mol. The van der Waals surface area contributed by atoms with Crippen molar-refractivity contribution in [2.45, 2.75) is 218 Å². The molecular formula is C48H74CaO14S2. The van der Waals surface area contributed by atoms with Crippen LogP contribution in [0, 0.1) is 0 Å². The van der Waals surface area contributed by atoms with Gasteiger partial charge >= 0.3 is 61.6 Å². The first-order valence-electron chi connectivity index (χ1n) is 23.2. The van der Waals surface area contributed by atoms with Crippen LogP contribution in [0.15, 0.2) is 46.2 Å². The third kappa shape index (κ3) is 27.1. The number of hydrogen-bond donors (Lipinski definition) is 0. The topological polar surface area (TPSA) is 220 Å². The van der Waals surface area contributed by atoms with Crippen molar-refractivity contribution in [1.29, 1.82) is 0 Å². The van der Waals surface area contributed by atoms with E-state index in [1.165, 1.54) is 12.1 Å². The third-order valence-corrected chi connectivity index (χ3v) is 12.0. The van der Waals surface area contributed by atoms with Crippen molar-refractivity contribution < 1.29 is 64.1 Å². The number of carbonyl (C=O) groups excluding carboxylic acids is 4. The van der Waals surface area contributed by atoms with Gasteiger partial charge in [0.25, 0.3) is 0 Å². The molecule has 0 bridgehead atoms. The summed E-state index contributed by atoms with van der Waals surface area (Å²) in [6, 6.07) is 6.21. The Bertz CT molecular complexity index is 1710. The Balaban J connectivity index is 0.00000124. The van der Waals surface area contributed by atoms with Gasteiger partial charge in [-0.15, -0.1) is 0 Å². The Kier molecular flexibility index (Phi) is 32.5. The van der Waals surface area contributed by atoms with Crippen molar-refractivity contribution in [3.8, 4) is 0 Å². The molecule has 17 heteroatoms. The van der Waals surface area contributed by atoms with Crippen LogP contribution in [0.2, 0.25) is 0 Å². The zero-order chi connectivity index (χ0) is 48.3. The normalized spacial score (nSPS) is 13.2. The van der Waals surface area contributed by atoms with Crippen LogP contribution in [0.3, 0.4) is 0 Å². The van der Waals surface area contributed by atoms with Gasteiger partial charge < -0.3 is 28.1 Å². The van der Waals surface area contributed by atoms with Crippen molar-refractivity contribution >= 4 is 81.9 Å². The maximum absolute atomic E-state index is 12.6. The van der Waals surface area contributed by atoms with Crippen molar-refractivity contribution in [2.24, 2.45) is 0 Å². The molecule has 0 saturated carbocycles. The van der Waals surface area contributed by atoms with E-state index in [-0.39, 0.29) is 84.4 Å². The minimum Gasteiger partial charge on any atom is -0.744 e. The number of carbonyl (C=O) groups is 4. The monoisotopic (exact) mass is 978 g/mol. The van der Waals surface area contributed by atoms with Gasteiger partial charge in [0.2, 0.25) is 0 Å². The second-order valence-electron chi connectivity index (χ2n) is 16.7.